The molecule has 2 bridgehead atoms. The Balaban J connectivity index is 1.74. The highest BCUT2D eigenvalue weighted by Gasteiger charge is 2.76. The van der Waals surface area contributed by atoms with Gasteiger partial charge in [-0.3, -0.25) is 9.59 Å². The van der Waals surface area contributed by atoms with Crippen molar-refractivity contribution in [2.75, 3.05) is 6.61 Å². The Morgan fingerprint density at radius 1 is 1.28 bits per heavy atom. The van der Waals surface area contributed by atoms with Crippen LogP contribution < -0.4 is 0 Å². The maximum absolute atomic E-state index is 12.9. The maximum atomic E-state index is 12.9. The highest BCUT2D eigenvalue weighted by molar-refractivity contribution is 5.93. The fraction of sp³-hybridized carbons (Fsp3) is 0.737. The molecule has 138 valence electrons. The third-order valence-electron chi connectivity index (χ3n) is 6.71. The first-order valence-electron chi connectivity index (χ1n) is 8.88. The lowest BCUT2D eigenvalue weighted by Crippen LogP contribution is -2.49. The number of carbonyl (C=O) groups is 3. The van der Waals surface area contributed by atoms with E-state index < -0.39 is 28.5 Å². The summed E-state index contributed by atoms with van der Waals surface area (Å²) in [7, 11) is 0. The predicted octanol–water partition coefficient (Wildman–Crippen LogP) is 2.55. The van der Waals surface area contributed by atoms with Gasteiger partial charge in [0.05, 0.1) is 17.9 Å². The molecule has 1 heterocycles. The van der Waals surface area contributed by atoms with Gasteiger partial charge in [0, 0.05) is 11.8 Å². The average molecular weight is 350 g/mol. The molecule has 25 heavy (non-hydrogen) atoms. The number of hydrogen-bond acceptors (Lipinski definition) is 6. The van der Waals surface area contributed by atoms with Crippen LogP contribution in [-0.4, -0.2) is 36.2 Å². The molecule has 0 unspecified atom stereocenters. The fourth-order valence-electron chi connectivity index (χ4n) is 4.44. The van der Waals surface area contributed by atoms with Gasteiger partial charge in [-0.05, 0) is 39.7 Å². The molecule has 0 radical (unpaired) electrons. The van der Waals surface area contributed by atoms with E-state index in [1.807, 2.05) is 27.7 Å². The van der Waals surface area contributed by atoms with Gasteiger partial charge in [0.2, 0.25) is 5.60 Å². The molecule has 2 fully saturated rings. The summed E-state index contributed by atoms with van der Waals surface area (Å²) in [4.78, 5) is 37.2. The molecule has 0 N–H and O–H groups in total. The molecule has 0 aromatic carbocycles. The number of rotatable bonds is 4. The van der Waals surface area contributed by atoms with E-state index >= 15 is 0 Å². The van der Waals surface area contributed by atoms with Gasteiger partial charge in [0.1, 0.15) is 6.10 Å². The van der Waals surface area contributed by atoms with Crippen molar-refractivity contribution in [1.82, 2.24) is 0 Å². The minimum atomic E-state index is -1.23. The van der Waals surface area contributed by atoms with E-state index in [4.69, 9.17) is 14.2 Å². The van der Waals surface area contributed by atoms with Gasteiger partial charge >= 0.3 is 17.9 Å². The minimum Gasteiger partial charge on any atom is -0.466 e. The molecule has 1 aliphatic heterocycles. The summed E-state index contributed by atoms with van der Waals surface area (Å²) in [6, 6.07) is 0. The summed E-state index contributed by atoms with van der Waals surface area (Å²) in [6.07, 6.45) is 2.74. The summed E-state index contributed by atoms with van der Waals surface area (Å²) in [6.45, 7) is 9.55. The van der Waals surface area contributed by atoms with Crippen LogP contribution in [0.4, 0.5) is 0 Å². The highest BCUT2D eigenvalue weighted by atomic mass is 16.6. The maximum Gasteiger partial charge on any atom is 0.351 e. The summed E-state index contributed by atoms with van der Waals surface area (Å²) >= 11 is 0. The number of esters is 3. The number of fused-ring (bicyclic) bond motifs is 2. The van der Waals surface area contributed by atoms with E-state index in [0.29, 0.717) is 25.9 Å². The molecule has 0 spiro atoms. The zero-order valence-electron chi connectivity index (χ0n) is 15.5. The fourth-order valence-corrected chi connectivity index (χ4v) is 4.44. The van der Waals surface area contributed by atoms with E-state index in [-0.39, 0.29) is 17.9 Å². The SMILES string of the molecule is CCOC(=O)[C@H]1C[C@@H](OC(=O)[C@@]23CC[C@@](C)(C(=O)O2)C3(C)C)C=C1C. The third-order valence-corrected chi connectivity index (χ3v) is 6.71. The summed E-state index contributed by atoms with van der Waals surface area (Å²) in [5, 5.41) is 0. The van der Waals surface area contributed by atoms with Gasteiger partial charge in [-0.2, -0.15) is 0 Å². The van der Waals surface area contributed by atoms with Crippen LogP contribution in [0.3, 0.4) is 0 Å². The predicted molar refractivity (Wildman–Crippen MR) is 88.3 cm³/mol. The first kappa shape index (κ1) is 18.0. The molecular weight excluding hydrogens is 324 g/mol. The second kappa shape index (κ2) is 5.58. The van der Waals surface area contributed by atoms with Crippen molar-refractivity contribution < 1.29 is 28.6 Å². The molecule has 1 saturated carbocycles. The Bertz CT molecular complexity index is 663. The van der Waals surface area contributed by atoms with Crippen LogP contribution in [-0.2, 0) is 28.6 Å². The summed E-state index contributed by atoms with van der Waals surface area (Å²) < 4.78 is 16.3. The van der Waals surface area contributed by atoms with Crippen LogP contribution in [0.1, 0.15) is 53.9 Å². The second-order valence-electron chi connectivity index (χ2n) is 8.07. The Labute approximate surface area is 147 Å². The Kier molecular flexibility index (Phi) is 4.01. The topological polar surface area (TPSA) is 78.9 Å². The molecule has 0 aromatic heterocycles. The van der Waals surface area contributed by atoms with Crippen molar-refractivity contribution in [3.05, 3.63) is 11.6 Å². The zero-order valence-corrected chi connectivity index (χ0v) is 15.5. The first-order chi connectivity index (χ1) is 11.6. The lowest BCUT2D eigenvalue weighted by Gasteiger charge is -2.35. The van der Waals surface area contributed by atoms with Crippen LogP contribution in [0, 0.1) is 16.7 Å². The molecule has 3 rings (SSSR count). The quantitative estimate of drug-likeness (QED) is 0.440. The van der Waals surface area contributed by atoms with Crippen LogP contribution in [0.15, 0.2) is 11.6 Å². The van der Waals surface area contributed by atoms with Crippen LogP contribution >= 0.6 is 0 Å². The molecule has 6 heteroatoms. The largest absolute Gasteiger partial charge is 0.466 e. The second-order valence-corrected chi connectivity index (χ2v) is 8.07. The van der Waals surface area contributed by atoms with Crippen molar-refractivity contribution in [3.8, 4) is 0 Å². The van der Waals surface area contributed by atoms with E-state index in [9.17, 15) is 14.4 Å². The molecule has 2 aliphatic carbocycles. The number of hydrogen-bond donors (Lipinski definition) is 0. The molecular formula is C19H26O6. The van der Waals surface area contributed by atoms with E-state index in [2.05, 4.69) is 0 Å². The van der Waals surface area contributed by atoms with Gasteiger partial charge in [-0.25, -0.2) is 4.79 Å². The van der Waals surface area contributed by atoms with E-state index in [0.717, 1.165) is 5.57 Å². The summed E-state index contributed by atoms with van der Waals surface area (Å²) in [5.74, 6) is -1.52. The normalized spacial score (nSPS) is 38.3. The van der Waals surface area contributed by atoms with Gasteiger partial charge < -0.3 is 14.2 Å². The van der Waals surface area contributed by atoms with E-state index in [1.54, 1.807) is 13.0 Å². The minimum absolute atomic E-state index is 0.297. The Hall–Kier alpha value is -1.85. The standard InChI is InChI=1S/C19H26O6/c1-6-23-14(20)13-10-12(9-11(13)2)24-16(22)19-8-7-18(5,15(21)25-19)17(19,3)4/h9,12-13H,6-8,10H2,1-5H3/t12-,13-,18-,19+/m0/s1. The molecule has 1 saturated heterocycles. The van der Waals surface area contributed by atoms with Crippen molar-refractivity contribution in [2.24, 2.45) is 16.7 Å². The van der Waals surface area contributed by atoms with Gasteiger partial charge in [0.15, 0.2) is 0 Å². The molecule has 0 amide bonds. The lowest BCUT2D eigenvalue weighted by atomic mass is 9.66. The highest BCUT2D eigenvalue weighted by Crippen LogP contribution is 2.65. The molecule has 6 nitrogen and oxygen atoms in total. The first-order valence-corrected chi connectivity index (χ1v) is 8.88. The third kappa shape index (κ3) is 2.26. The van der Waals surface area contributed by atoms with E-state index in [1.165, 1.54) is 0 Å². The van der Waals surface area contributed by atoms with Crippen molar-refractivity contribution in [2.45, 2.75) is 65.6 Å². The number of ether oxygens (including phenoxy) is 3. The Morgan fingerprint density at radius 2 is 1.96 bits per heavy atom. The molecule has 4 atom stereocenters. The van der Waals surface area contributed by atoms with Crippen LogP contribution in [0.25, 0.3) is 0 Å². The van der Waals surface area contributed by atoms with Crippen LogP contribution in [0.5, 0.6) is 0 Å². The lowest BCUT2D eigenvalue weighted by molar-refractivity contribution is -0.185. The monoisotopic (exact) mass is 350 g/mol. The van der Waals surface area contributed by atoms with Gasteiger partial charge in [-0.1, -0.05) is 19.4 Å². The smallest absolute Gasteiger partial charge is 0.351 e. The van der Waals surface area contributed by atoms with Crippen LogP contribution in [0.2, 0.25) is 0 Å². The average Bonchev–Trinajstić information content (AvgIpc) is 3.03. The van der Waals surface area contributed by atoms with Gasteiger partial charge in [0.25, 0.3) is 0 Å². The number of carbonyl (C=O) groups excluding carboxylic acids is 3. The zero-order chi connectivity index (χ0) is 18.6. The van der Waals surface area contributed by atoms with Crippen molar-refractivity contribution >= 4 is 17.9 Å². The van der Waals surface area contributed by atoms with Gasteiger partial charge in [-0.15, -0.1) is 0 Å². The van der Waals surface area contributed by atoms with Crippen molar-refractivity contribution in [1.29, 1.82) is 0 Å². The molecule has 0 aromatic rings. The summed E-state index contributed by atoms with van der Waals surface area (Å²) in [5.41, 5.74) is -1.69. The van der Waals surface area contributed by atoms with Crippen molar-refractivity contribution in [3.63, 3.8) is 0 Å². The Morgan fingerprint density at radius 3 is 2.48 bits per heavy atom. The molecule has 3 aliphatic rings.